The molecule has 0 radical (unpaired) electrons. The largest absolute Gasteiger partial charge is 0.491 e. The van der Waals surface area contributed by atoms with E-state index in [0.29, 0.717) is 36.4 Å². The van der Waals surface area contributed by atoms with Gasteiger partial charge in [-0.1, -0.05) is 24.3 Å². The van der Waals surface area contributed by atoms with E-state index in [-0.39, 0.29) is 56.0 Å². The minimum absolute atomic E-state index is 0.0224. The second-order valence-electron chi connectivity index (χ2n) is 12.2. The molecule has 3 amide bonds. The van der Waals surface area contributed by atoms with E-state index >= 15 is 0 Å². The van der Waals surface area contributed by atoms with Gasteiger partial charge in [0.25, 0.3) is 5.91 Å². The Bertz CT molecular complexity index is 1510. The van der Waals surface area contributed by atoms with Gasteiger partial charge in [-0.25, -0.2) is 9.18 Å². The van der Waals surface area contributed by atoms with Crippen LogP contribution in [0.1, 0.15) is 43.1 Å². The topological polar surface area (TPSA) is 113 Å². The number of hydrogen-bond donors (Lipinski definition) is 2. The predicted molar refractivity (Wildman–Crippen MR) is 162 cm³/mol. The van der Waals surface area contributed by atoms with Gasteiger partial charge in [0, 0.05) is 44.1 Å². The molecule has 2 N–H and O–H groups in total. The van der Waals surface area contributed by atoms with Crippen molar-refractivity contribution in [3.63, 3.8) is 0 Å². The zero-order valence-corrected chi connectivity index (χ0v) is 25.2. The molecule has 0 aliphatic carbocycles. The Kier molecular flexibility index (Phi) is 9.43. The molecule has 232 valence electrons. The lowest BCUT2D eigenvalue weighted by Gasteiger charge is -2.29. The lowest BCUT2D eigenvalue weighted by atomic mass is 10.1. The van der Waals surface area contributed by atoms with Crippen molar-refractivity contribution >= 4 is 17.9 Å². The van der Waals surface area contributed by atoms with Gasteiger partial charge in [0.05, 0.1) is 24.2 Å². The highest BCUT2D eigenvalue weighted by atomic mass is 19.1. The van der Waals surface area contributed by atoms with Crippen LogP contribution in [0.4, 0.5) is 9.18 Å². The van der Waals surface area contributed by atoms with Crippen LogP contribution in [0.3, 0.4) is 0 Å². The molecule has 2 aliphatic rings. The van der Waals surface area contributed by atoms with E-state index in [1.54, 1.807) is 50.1 Å². The number of alkyl carbamates (subject to hydrolysis) is 1. The monoisotopic (exact) mass is 603 g/mol. The third-order valence-corrected chi connectivity index (χ3v) is 7.43. The van der Waals surface area contributed by atoms with E-state index < -0.39 is 11.7 Å². The summed E-state index contributed by atoms with van der Waals surface area (Å²) in [6, 6.07) is 14.8. The highest BCUT2D eigenvalue weighted by Gasteiger charge is 2.37. The minimum Gasteiger partial charge on any atom is -0.491 e. The number of benzene rings is 2. The number of nitrogens with one attached hydrogen (secondary N) is 2. The van der Waals surface area contributed by atoms with Gasteiger partial charge in [-0.2, -0.15) is 0 Å². The Morgan fingerprint density at radius 3 is 2.68 bits per heavy atom. The van der Waals surface area contributed by atoms with Gasteiger partial charge < -0.3 is 25.0 Å². The molecule has 11 heteroatoms. The first-order valence-corrected chi connectivity index (χ1v) is 14.7. The highest BCUT2D eigenvalue weighted by Crippen LogP contribution is 2.26. The van der Waals surface area contributed by atoms with Crippen molar-refractivity contribution in [1.82, 2.24) is 25.4 Å². The number of aromatic nitrogens is 1. The fourth-order valence-corrected chi connectivity index (χ4v) is 5.46. The molecule has 0 spiro atoms. The Labute approximate surface area is 256 Å². The van der Waals surface area contributed by atoms with Crippen LogP contribution in [-0.2, 0) is 16.1 Å². The van der Waals surface area contributed by atoms with Crippen LogP contribution in [0.5, 0.6) is 5.75 Å². The fraction of sp³-hybridized carbons (Fsp3) is 0.394. The van der Waals surface area contributed by atoms with Crippen molar-refractivity contribution in [2.45, 2.75) is 51.4 Å². The molecule has 3 heterocycles. The van der Waals surface area contributed by atoms with E-state index in [9.17, 15) is 18.8 Å². The maximum atomic E-state index is 14.0. The summed E-state index contributed by atoms with van der Waals surface area (Å²) in [4.78, 5) is 47.3. The molecule has 10 nitrogen and oxygen atoms in total. The summed E-state index contributed by atoms with van der Waals surface area (Å²) in [5.74, 6) is -0.214. The second kappa shape index (κ2) is 13.4. The van der Waals surface area contributed by atoms with Crippen molar-refractivity contribution in [2.24, 2.45) is 0 Å². The van der Waals surface area contributed by atoms with Crippen LogP contribution >= 0.6 is 0 Å². The van der Waals surface area contributed by atoms with Gasteiger partial charge in [0.15, 0.2) is 0 Å². The average molecular weight is 604 g/mol. The maximum absolute atomic E-state index is 14.0. The number of carbonyl (C=O) groups is 3. The van der Waals surface area contributed by atoms with E-state index in [2.05, 4.69) is 15.6 Å². The smallest absolute Gasteiger partial charge is 0.407 e. The summed E-state index contributed by atoms with van der Waals surface area (Å²) in [5, 5.41) is 5.83. The molecule has 0 saturated carbocycles. The number of amides is 3. The molecule has 1 fully saturated rings. The molecule has 5 rings (SSSR count). The number of nitrogens with zero attached hydrogens (tertiary/aromatic N) is 3. The summed E-state index contributed by atoms with van der Waals surface area (Å²) in [7, 11) is 0. The third kappa shape index (κ3) is 8.31. The van der Waals surface area contributed by atoms with Crippen LogP contribution in [0, 0.1) is 5.82 Å². The Morgan fingerprint density at radius 1 is 1.09 bits per heavy atom. The van der Waals surface area contributed by atoms with Gasteiger partial charge in [0.1, 0.15) is 23.8 Å². The first-order chi connectivity index (χ1) is 21.0. The Balaban J connectivity index is 1.42. The summed E-state index contributed by atoms with van der Waals surface area (Å²) in [5.41, 5.74) is 2.06. The fourth-order valence-electron chi connectivity index (χ4n) is 5.46. The Morgan fingerprint density at radius 2 is 1.89 bits per heavy atom. The number of fused-ring (bicyclic) bond motifs is 6. The zero-order chi connectivity index (χ0) is 31.3. The zero-order valence-electron chi connectivity index (χ0n) is 25.2. The van der Waals surface area contributed by atoms with Crippen LogP contribution in [0.2, 0.25) is 0 Å². The van der Waals surface area contributed by atoms with Crippen LogP contribution in [0.25, 0.3) is 11.1 Å². The van der Waals surface area contributed by atoms with E-state index in [0.717, 1.165) is 11.1 Å². The van der Waals surface area contributed by atoms with Crippen LogP contribution in [-0.4, -0.2) is 83.2 Å². The van der Waals surface area contributed by atoms with Crippen LogP contribution < -0.4 is 15.4 Å². The number of carbonyl (C=O) groups excluding carboxylic acids is 3. The second-order valence-corrected chi connectivity index (χ2v) is 12.2. The summed E-state index contributed by atoms with van der Waals surface area (Å²) in [6.07, 6.45) is 3.14. The lowest BCUT2D eigenvalue weighted by molar-refractivity contribution is -0.134. The number of rotatable bonds is 3. The van der Waals surface area contributed by atoms with Gasteiger partial charge in [-0.05, 0) is 68.7 Å². The quantitative estimate of drug-likeness (QED) is 0.465. The van der Waals surface area contributed by atoms with Crippen molar-refractivity contribution in [2.75, 3.05) is 32.8 Å². The molecule has 2 aromatic carbocycles. The first kappa shape index (κ1) is 30.9. The van der Waals surface area contributed by atoms with Crippen molar-refractivity contribution in [3.8, 4) is 16.9 Å². The molecule has 1 aromatic heterocycles. The molecule has 1 saturated heterocycles. The normalized spacial score (nSPS) is 19.8. The molecule has 4 bridgehead atoms. The maximum Gasteiger partial charge on any atom is 0.407 e. The number of ether oxygens (including phenoxy) is 2. The van der Waals surface area contributed by atoms with Gasteiger partial charge >= 0.3 is 6.09 Å². The Hall–Kier alpha value is -4.51. The molecule has 3 aromatic rings. The molecule has 44 heavy (non-hydrogen) atoms. The van der Waals surface area contributed by atoms with Gasteiger partial charge in [0.2, 0.25) is 5.91 Å². The third-order valence-electron chi connectivity index (χ3n) is 7.43. The number of halogens is 1. The molecular weight excluding hydrogens is 565 g/mol. The van der Waals surface area contributed by atoms with E-state index in [1.165, 1.54) is 18.3 Å². The minimum atomic E-state index is -0.657. The van der Waals surface area contributed by atoms with E-state index in [4.69, 9.17) is 9.47 Å². The van der Waals surface area contributed by atoms with Gasteiger partial charge in [-0.3, -0.25) is 19.5 Å². The molecule has 2 aliphatic heterocycles. The highest BCUT2D eigenvalue weighted by molar-refractivity contribution is 5.95. The standard InChI is InChI=1S/C33H38FN5O5/c1-33(2,3)44-32(42)37-27-15-28-21-43-29-9-5-7-23(14-29)24-13-25(17-35-16-24)31(41)36-10-11-38(20-30(40)39(28)19-27)18-22-6-4-8-26(34)12-22/h4-9,12-14,16-17,27-28H,10-11,15,18-21H2,1-3H3,(H,36,41)(H,37,42)/t27-,28+/m1/s1. The summed E-state index contributed by atoms with van der Waals surface area (Å²) >= 11 is 0. The average Bonchev–Trinajstić information content (AvgIpc) is 3.37. The number of hydrogen-bond acceptors (Lipinski definition) is 7. The first-order valence-electron chi connectivity index (χ1n) is 14.7. The molecule has 2 atom stereocenters. The van der Waals surface area contributed by atoms with Crippen molar-refractivity contribution in [1.29, 1.82) is 0 Å². The summed E-state index contributed by atoms with van der Waals surface area (Å²) < 4.78 is 25.6. The number of pyridine rings is 1. The molecule has 0 unspecified atom stereocenters. The van der Waals surface area contributed by atoms with Gasteiger partial charge in [-0.15, -0.1) is 0 Å². The molecular formula is C33H38FN5O5. The lowest BCUT2D eigenvalue weighted by Crippen LogP contribution is -2.47. The van der Waals surface area contributed by atoms with E-state index in [1.807, 2.05) is 29.2 Å². The van der Waals surface area contributed by atoms with Crippen molar-refractivity contribution < 1.29 is 28.2 Å². The SMILES string of the molecule is CC(C)(C)OC(=O)N[C@@H]1C[C@H]2COc3cccc(c3)-c3cncc(c3)C(=O)NCCN(Cc3cccc(F)c3)CC(=O)N2C1. The van der Waals surface area contributed by atoms with Crippen LogP contribution in [0.15, 0.2) is 67.0 Å². The summed E-state index contributed by atoms with van der Waals surface area (Å²) in [6.45, 7) is 6.81. The van der Waals surface area contributed by atoms with Crippen molar-refractivity contribution in [3.05, 3.63) is 83.9 Å². The predicted octanol–water partition coefficient (Wildman–Crippen LogP) is 4.01.